The third kappa shape index (κ3) is 9.14. The van der Waals surface area contributed by atoms with Crippen LogP contribution in [0.2, 0.25) is 0 Å². The lowest BCUT2D eigenvalue weighted by Crippen LogP contribution is -2.37. The van der Waals surface area contributed by atoms with Gasteiger partial charge in [-0.05, 0) is 76.9 Å². The molecule has 0 aliphatic heterocycles. The second kappa shape index (κ2) is 17.7. The van der Waals surface area contributed by atoms with E-state index in [-0.39, 0.29) is 47.0 Å². The van der Waals surface area contributed by atoms with Crippen LogP contribution in [0.15, 0.2) is 114 Å². The van der Waals surface area contributed by atoms with Crippen molar-refractivity contribution >= 4 is 23.5 Å². The Balaban J connectivity index is 0.953. The van der Waals surface area contributed by atoms with Gasteiger partial charge in [0.15, 0.2) is 5.82 Å². The van der Waals surface area contributed by atoms with Gasteiger partial charge in [-0.1, -0.05) is 30.3 Å². The number of benzene rings is 1. The monoisotopic (exact) mass is 851 g/mol. The summed E-state index contributed by atoms with van der Waals surface area (Å²) in [7, 11) is 3.13. The molecule has 0 bridgehead atoms. The molecule has 1 saturated carbocycles. The Kier molecular flexibility index (Phi) is 11.8. The molecule has 2 N–H and O–H groups in total. The van der Waals surface area contributed by atoms with E-state index in [0.29, 0.717) is 53.1 Å². The first-order valence-corrected chi connectivity index (χ1v) is 20.6. The fourth-order valence-corrected chi connectivity index (χ4v) is 7.42. The number of aryl methyl sites for hydroxylation is 2. The van der Waals surface area contributed by atoms with Gasteiger partial charge in [0.2, 0.25) is 6.33 Å². The van der Waals surface area contributed by atoms with Crippen LogP contribution in [0.25, 0.3) is 23.0 Å². The highest BCUT2D eigenvalue weighted by molar-refractivity contribution is 6.04. The molecule has 2 atom stereocenters. The number of hydrogen-bond acceptors (Lipinski definition) is 11. The molecule has 2 unspecified atom stereocenters. The Labute approximate surface area is 361 Å². The Morgan fingerprint density at radius 1 is 0.762 bits per heavy atom. The zero-order valence-electron chi connectivity index (χ0n) is 35.7. The number of carbonyl (C=O) groups excluding carboxylic acids is 2. The fourth-order valence-electron chi connectivity index (χ4n) is 7.42. The highest BCUT2D eigenvalue weighted by atomic mass is 16.5. The van der Waals surface area contributed by atoms with Crippen LogP contribution < -0.4 is 35.8 Å². The molecule has 63 heavy (non-hydrogen) atoms. The molecular formula is C45H47N12O6+. The van der Waals surface area contributed by atoms with Crippen molar-refractivity contribution in [3.8, 4) is 40.3 Å². The maximum absolute atomic E-state index is 13.5. The van der Waals surface area contributed by atoms with E-state index in [0.717, 1.165) is 6.42 Å². The number of ether oxygens (including phenoxy) is 2. The first-order valence-electron chi connectivity index (χ1n) is 20.6. The number of aromatic nitrogens is 10. The topological polar surface area (TPSA) is 199 Å². The molecule has 7 aromatic rings. The van der Waals surface area contributed by atoms with Crippen molar-refractivity contribution in [2.24, 2.45) is 14.1 Å². The third-order valence-electron chi connectivity index (χ3n) is 10.6. The molecule has 0 radical (unpaired) electrons. The quantitative estimate of drug-likeness (QED) is 0.131. The molecule has 6 aromatic heterocycles. The third-order valence-corrected chi connectivity index (χ3v) is 10.6. The van der Waals surface area contributed by atoms with E-state index in [4.69, 9.17) is 19.6 Å². The standard InChI is InChI=1S/C45H46N12O6/c1-27(2)55-25-46-51-40(55)36-14-10-16-38(47-36)49-43(59)35-22-33(24-54(6)45(35)61)63-31-19-18-29(20-31)57-26-56(28(3)4)41(52-57)37-15-11-17-39(48-37)50-42(58)34-21-32(23-53(5)44(34)60)62-30-12-8-7-9-13-30/h7-17,21-29,31H,18-20H2,1-6H3,(H-,47,48,49,50,58,59)/p+1. The van der Waals surface area contributed by atoms with Crippen LogP contribution in [0.5, 0.6) is 17.2 Å². The fraction of sp³-hybridized carbons (Fsp3) is 0.289. The molecule has 0 spiro atoms. The number of anilines is 2. The Hall–Kier alpha value is -7.76. The van der Waals surface area contributed by atoms with Crippen molar-refractivity contribution < 1.29 is 23.6 Å². The summed E-state index contributed by atoms with van der Waals surface area (Å²) in [4.78, 5) is 62.5. The highest BCUT2D eigenvalue weighted by Crippen LogP contribution is 2.33. The first kappa shape index (κ1) is 42.0. The Morgan fingerprint density at radius 3 is 2.03 bits per heavy atom. The number of amides is 2. The second-order valence-electron chi connectivity index (χ2n) is 15.9. The molecule has 18 heteroatoms. The van der Waals surface area contributed by atoms with Crippen molar-refractivity contribution in [3.05, 3.63) is 136 Å². The van der Waals surface area contributed by atoms with E-state index in [9.17, 15) is 19.2 Å². The Bertz CT molecular complexity index is 2930. The lowest BCUT2D eigenvalue weighted by molar-refractivity contribution is -0.706. The van der Waals surface area contributed by atoms with Gasteiger partial charge in [-0.3, -0.25) is 19.2 Å². The summed E-state index contributed by atoms with van der Waals surface area (Å²) in [5, 5.41) is 18.7. The van der Waals surface area contributed by atoms with Crippen molar-refractivity contribution in [3.63, 3.8) is 0 Å². The van der Waals surface area contributed by atoms with Crippen LogP contribution in [0.4, 0.5) is 11.6 Å². The number of nitrogens with zero attached hydrogens (tertiary/aromatic N) is 10. The summed E-state index contributed by atoms with van der Waals surface area (Å²) >= 11 is 0. The van der Waals surface area contributed by atoms with Crippen molar-refractivity contribution in [1.29, 1.82) is 0 Å². The van der Waals surface area contributed by atoms with Gasteiger partial charge in [0.25, 0.3) is 22.9 Å². The summed E-state index contributed by atoms with van der Waals surface area (Å²) < 4.78 is 20.8. The van der Waals surface area contributed by atoms with Gasteiger partial charge < -0.3 is 33.8 Å². The molecule has 0 saturated heterocycles. The van der Waals surface area contributed by atoms with Crippen LogP contribution in [-0.4, -0.2) is 61.6 Å². The van der Waals surface area contributed by atoms with Crippen molar-refractivity contribution in [2.75, 3.05) is 10.6 Å². The summed E-state index contributed by atoms with van der Waals surface area (Å²) in [5.74, 6) is 1.69. The zero-order valence-corrected chi connectivity index (χ0v) is 35.7. The van der Waals surface area contributed by atoms with Crippen molar-refractivity contribution in [1.82, 2.24) is 43.6 Å². The maximum Gasteiger partial charge on any atom is 0.327 e. The SMILES string of the molecule is CC(C)n1cnnc1-c1cccc(NC(=O)c2cc(OC3CCC(n4c[n+](C(C)C)c(-c5cccc(NC(=O)c6cc(Oc7ccccc7)cn(C)c6=O)n5)n4)C3)cn(C)c2=O)n1. The minimum Gasteiger partial charge on any atom is -0.489 e. The van der Waals surface area contributed by atoms with E-state index in [1.165, 1.54) is 27.5 Å². The summed E-state index contributed by atoms with van der Waals surface area (Å²) in [5.41, 5.74) is -0.0995. The van der Waals surface area contributed by atoms with E-state index in [1.54, 1.807) is 69.1 Å². The van der Waals surface area contributed by atoms with Gasteiger partial charge in [0.1, 0.15) is 69.9 Å². The molecule has 1 aliphatic rings. The number of pyridine rings is 4. The van der Waals surface area contributed by atoms with Crippen LogP contribution in [0, 0.1) is 0 Å². The first-order chi connectivity index (χ1) is 30.3. The largest absolute Gasteiger partial charge is 0.489 e. The van der Waals surface area contributed by atoms with Gasteiger partial charge >= 0.3 is 5.82 Å². The molecule has 1 aliphatic carbocycles. The summed E-state index contributed by atoms with van der Waals surface area (Å²) in [6.45, 7) is 8.10. The number of rotatable bonds is 13. The number of carbonyl (C=O) groups is 2. The average molecular weight is 852 g/mol. The van der Waals surface area contributed by atoms with Crippen LogP contribution in [-0.2, 0) is 14.1 Å². The summed E-state index contributed by atoms with van der Waals surface area (Å²) in [6, 6.07) is 22.5. The normalized spacial score (nSPS) is 14.9. The molecule has 322 valence electrons. The number of nitrogens with one attached hydrogen (secondary N) is 2. The lowest BCUT2D eigenvalue weighted by atomic mass is 10.2. The number of para-hydroxylation sites is 1. The summed E-state index contributed by atoms with van der Waals surface area (Å²) in [6.07, 6.45) is 8.55. The van der Waals surface area contributed by atoms with Crippen molar-refractivity contribution in [2.45, 2.75) is 71.2 Å². The Morgan fingerprint density at radius 2 is 1.38 bits per heavy atom. The van der Waals surface area contributed by atoms with Crippen LogP contribution in [0.1, 0.15) is 85.8 Å². The van der Waals surface area contributed by atoms with Gasteiger partial charge in [0, 0.05) is 56.2 Å². The number of hydrogen-bond donors (Lipinski definition) is 2. The zero-order chi connectivity index (χ0) is 44.4. The van der Waals surface area contributed by atoms with E-state index >= 15 is 0 Å². The molecule has 2 amide bonds. The van der Waals surface area contributed by atoms with E-state index < -0.39 is 22.9 Å². The predicted octanol–water partition coefficient (Wildman–Crippen LogP) is 5.91. The van der Waals surface area contributed by atoms with Gasteiger partial charge in [0.05, 0.1) is 6.04 Å². The minimum atomic E-state index is -0.629. The lowest BCUT2D eigenvalue weighted by Gasteiger charge is -2.15. The predicted molar refractivity (Wildman–Crippen MR) is 233 cm³/mol. The average Bonchev–Trinajstić information content (AvgIpc) is 4.05. The van der Waals surface area contributed by atoms with Crippen LogP contribution in [0.3, 0.4) is 0 Å². The molecule has 18 nitrogen and oxygen atoms in total. The highest BCUT2D eigenvalue weighted by Gasteiger charge is 2.35. The smallest absolute Gasteiger partial charge is 0.327 e. The molecule has 1 aromatic carbocycles. The minimum absolute atomic E-state index is 0.0192. The van der Waals surface area contributed by atoms with Gasteiger partial charge in [-0.15, -0.1) is 14.9 Å². The molecule has 6 heterocycles. The van der Waals surface area contributed by atoms with Gasteiger partial charge in [-0.25, -0.2) is 14.5 Å². The molecular weight excluding hydrogens is 805 g/mol. The van der Waals surface area contributed by atoms with Crippen LogP contribution >= 0.6 is 0 Å². The maximum atomic E-state index is 13.5. The molecule has 1 fully saturated rings. The van der Waals surface area contributed by atoms with E-state index in [2.05, 4.69) is 25.8 Å². The van der Waals surface area contributed by atoms with Gasteiger partial charge in [-0.2, -0.15) is 0 Å². The second-order valence-corrected chi connectivity index (χ2v) is 15.9. The molecule has 8 rings (SSSR count). The van der Waals surface area contributed by atoms with E-state index in [1.807, 2.05) is 72.1 Å².